The zero-order chi connectivity index (χ0) is 18.1. The van der Waals surface area contributed by atoms with Gasteiger partial charge in [-0.05, 0) is 29.8 Å². The predicted molar refractivity (Wildman–Crippen MR) is 101 cm³/mol. The smallest absolute Gasteiger partial charge is 0.234 e. The minimum atomic E-state index is -0.0736. The molecule has 134 valence electrons. The lowest BCUT2D eigenvalue weighted by Crippen LogP contribution is -2.28. The van der Waals surface area contributed by atoms with E-state index in [-0.39, 0.29) is 11.3 Å². The Labute approximate surface area is 155 Å². The van der Waals surface area contributed by atoms with Crippen LogP contribution in [0.15, 0.2) is 42.5 Å². The number of carbonyl (C=O) groups is 1. The number of fused-ring (bicyclic) bond motifs is 1. The molecule has 1 unspecified atom stereocenters. The number of rotatable bonds is 5. The fourth-order valence-electron chi connectivity index (χ4n) is 3.15. The summed E-state index contributed by atoms with van der Waals surface area (Å²) in [4.78, 5) is 22.2. The maximum atomic E-state index is 12.5. The molecule has 1 aliphatic heterocycles. The first-order chi connectivity index (χ1) is 12.7. The number of carbonyl (C=O) groups excluding carboxylic acids is 1. The van der Waals surface area contributed by atoms with Crippen LogP contribution in [0, 0.1) is 0 Å². The molecule has 2 heterocycles. The van der Waals surface area contributed by atoms with Crippen LogP contribution in [0.2, 0.25) is 0 Å². The van der Waals surface area contributed by atoms with Gasteiger partial charge in [0.15, 0.2) is 11.5 Å². The van der Waals surface area contributed by atoms with E-state index >= 15 is 0 Å². The van der Waals surface area contributed by atoms with E-state index in [9.17, 15) is 4.79 Å². The second kappa shape index (κ2) is 6.92. The molecular weight excluding hydrogens is 350 g/mol. The summed E-state index contributed by atoms with van der Waals surface area (Å²) in [5, 5.41) is -0.0736. The molecule has 0 spiro atoms. The van der Waals surface area contributed by atoms with E-state index in [0.29, 0.717) is 23.8 Å². The average molecular weight is 369 g/mol. The van der Waals surface area contributed by atoms with E-state index in [1.807, 2.05) is 47.4 Å². The zero-order valence-corrected chi connectivity index (χ0v) is 15.4. The van der Waals surface area contributed by atoms with E-state index in [1.165, 1.54) is 0 Å². The van der Waals surface area contributed by atoms with Crippen LogP contribution in [0.5, 0.6) is 11.5 Å². The number of nitrogens with one attached hydrogen (secondary N) is 1. The number of H-pyrrole nitrogens is 1. The third-order valence-corrected chi connectivity index (χ3v) is 5.68. The van der Waals surface area contributed by atoms with E-state index in [4.69, 9.17) is 9.47 Å². The molecule has 1 aliphatic rings. The minimum Gasteiger partial charge on any atom is -0.493 e. The van der Waals surface area contributed by atoms with Gasteiger partial charge in [0.25, 0.3) is 0 Å². The second-order valence-corrected chi connectivity index (χ2v) is 7.07. The highest BCUT2D eigenvalue weighted by Crippen LogP contribution is 2.42. The summed E-state index contributed by atoms with van der Waals surface area (Å²) in [6.07, 6.45) is 0. The first-order valence-corrected chi connectivity index (χ1v) is 9.31. The molecule has 1 aromatic heterocycles. The normalized spacial score (nSPS) is 17.1. The Kier molecular flexibility index (Phi) is 4.46. The van der Waals surface area contributed by atoms with Crippen LogP contribution in [-0.2, 0) is 11.3 Å². The summed E-state index contributed by atoms with van der Waals surface area (Å²) in [7, 11) is 3.22. The molecule has 3 aromatic rings. The summed E-state index contributed by atoms with van der Waals surface area (Å²) in [6, 6.07) is 13.6. The van der Waals surface area contributed by atoms with Crippen LogP contribution in [0.3, 0.4) is 0 Å². The number of ether oxygens (including phenoxy) is 2. The number of benzene rings is 2. The Hall–Kier alpha value is -2.67. The monoisotopic (exact) mass is 369 g/mol. The van der Waals surface area contributed by atoms with Crippen molar-refractivity contribution in [1.29, 1.82) is 0 Å². The number of hydrogen-bond acceptors (Lipinski definition) is 5. The molecule has 0 radical (unpaired) electrons. The van der Waals surface area contributed by atoms with Crippen molar-refractivity contribution in [2.45, 2.75) is 11.9 Å². The van der Waals surface area contributed by atoms with Crippen molar-refractivity contribution < 1.29 is 14.3 Å². The molecule has 2 aromatic carbocycles. The van der Waals surface area contributed by atoms with Gasteiger partial charge < -0.3 is 19.4 Å². The van der Waals surface area contributed by atoms with Crippen LogP contribution in [-0.4, -0.2) is 40.7 Å². The topological polar surface area (TPSA) is 67.5 Å². The van der Waals surface area contributed by atoms with Crippen LogP contribution in [0.1, 0.15) is 16.8 Å². The fraction of sp³-hybridized carbons (Fsp3) is 0.263. The molecule has 4 rings (SSSR count). The SMILES string of the molecule is COc1ccc(C2SCC(=O)N2Cc2nc3ccccc3[nH]2)cc1OC. The molecule has 7 heteroatoms. The lowest BCUT2D eigenvalue weighted by molar-refractivity contribution is -0.128. The Morgan fingerprint density at radius 2 is 2.00 bits per heavy atom. The van der Waals surface area contributed by atoms with Crippen molar-refractivity contribution in [3.63, 3.8) is 0 Å². The number of thioether (sulfide) groups is 1. The quantitative estimate of drug-likeness (QED) is 0.747. The highest BCUT2D eigenvalue weighted by molar-refractivity contribution is 8.00. The molecular formula is C19H19N3O3S. The Morgan fingerprint density at radius 1 is 1.19 bits per heavy atom. The van der Waals surface area contributed by atoms with Crippen molar-refractivity contribution in [3.05, 3.63) is 53.9 Å². The van der Waals surface area contributed by atoms with Crippen molar-refractivity contribution in [2.75, 3.05) is 20.0 Å². The van der Waals surface area contributed by atoms with E-state index < -0.39 is 0 Å². The maximum absolute atomic E-state index is 12.5. The summed E-state index contributed by atoms with van der Waals surface area (Å²) < 4.78 is 10.7. The van der Waals surface area contributed by atoms with Gasteiger partial charge in [0.1, 0.15) is 11.2 Å². The number of para-hydroxylation sites is 2. The van der Waals surface area contributed by atoms with E-state index in [2.05, 4.69) is 9.97 Å². The maximum Gasteiger partial charge on any atom is 0.234 e. The Morgan fingerprint density at radius 3 is 2.77 bits per heavy atom. The summed E-state index contributed by atoms with van der Waals surface area (Å²) in [5.41, 5.74) is 2.89. The number of methoxy groups -OCH3 is 2. The van der Waals surface area contributed by atoms with E-state index in [0.717, 1.165) is 22.4 Å². The first kappa shape index (κ1) is 16.8. The Bertz CT molecular complexity index is 923. The number of aromatic amines is 1. The van der Waals surface area contributed by atoms with Gasteiger partial charge in [-0.3, -0.25) is 4.79 Å². The largest absolute Gasteiger partial charge is 0.493 e. The van der Waals surface area contributed by atoms with Gasteiger partial charge in [0, 0.05) is 0 Å². The minimum absolute atomic E-state index is 0.0736. The van der Waals surface area contributed by atoms with Gasteiger partial charge in [0.2, 0.25) is 5.91 Å². The standard InChI is InChI=1S/C19H19N3O3S/c1-24-15-8-7-12(9-16(15)25-2)19-22(18(23)11-26-19)10-17-20-13-5-3-4-6-14(13)21-17/h3-9,19H,10-11H2,1-2H3,(H,20,21). The summed E-state index contributed by atoms with van der Waals surface area (Å²) in [5.74, 6) is 2.69. The van der Waals surface area contributed by atoms with Gasteiger partial charge in [-0.2, -0.15) is 0 Å². The number of aromatic nitrogens is 2. The average Bonchev–Trinajstić information content (AvgIpc) is 3.24. The molecule has 1 fully saturated rings. The number of nitrogens with zero attached hydrogens (tertiary/aromatic N) is 2. The second-order valence-electron chi connectivity index (χ2n) is 6.00. The van der Waals surface area contributed by atoms with Gasteiger partial charge in [0.05, 0.1) is 37.6 Å². The highest BCUT2D eigenvalue weighted by Gasteiger charge is 2.34. The van der Waals surface area contributed by atoms with Crippen LogP contribution < -0.4 is 9.47 Å². The van der Waals surface area contributed by atoms with Gasteiger partial charge in [-0.15, -0.1) is 11.8 Å². The number of imidazole rings is 1. The number of amides is 1. The van der Waals surface area contributed by atoms with Crippen molar-refractivity contribution in [1.82, 2.24) is 14.9 Å². The zero-order valence-electron chi connectivity index (χ0n) is 14.6. The molecule has 0 aliphatic carbocycles. The van der Waals surface area contributed by atoms with Gasteiger partial charge in [-0.1, -0.05) is 18.2 Å². The highest BCUT2D eigenvalue weighted by atomic mass is 32.2. The predicted octanol–water partition coefficient (Wildman–Crippen LogP) is 3.35. The molecule has 1 N–H and O–H groups in total. The molecule has 6 nitrogen and oxygen atoms in total. The Balaban J connectivity index is 1.63. The van der Waals surface area contributed by atoms with Crippen LogP contribution in [0.4, 0.5) is 0 Å². The third-order valence-electron chi connectivity index (χ3n) is 4.42. The number of hydrogen-bond donors (Lipinski definition) is 1. The first-order valence-electron chi connectivity index (χ1n) is 8.26. The molecule has 1 atom stereocenters. The van der Waals surface area contributed by atoms with E-state index in [1.54, 1.807) is 26.0 Å². The molecule has 0 bridgehead atoms. The lowest BCUT2D eigenvalue weighted by atomic mass is 10.1. The molecule has 26 heavy (non-hydrogen) atoms. The summed E-state index contributed by atoms with van der Waals surface area (Å²) >= 11 is 1.61. The van der Waals surface area contributed by atoms with Gasteiger partial charge in [-0.25, -0.2) is 4.98 Å². The van der Waals surface area contributed by atoms with Gasteiger partial charge >= 0.3 is 0 Å². The molecule has 1 amide bonds. The lowest BCUT2D eigenvalue weighted by Gasteiger charge is -2.24. The van der Waals surface area contributed by atoms with Crippen molar-refractivity contribution >= 4 is 28.7 Å². The van der Waals surface area contributed by atoms with Crippen molar-refractivity contribution in [3.8, 4) is 11.5 Å². The molecule has 0 saturated carbocycles. The van der Waals surface area contributed by atoms with Crippen molar-refractivity contribution in [2.24, 2.45) is 0 Å². The molecule has 1 saturated heterocycles. The summed E-state index contributed by atoms with van der Waals surface area (Å²) in [6.45, 7) is 0.444. The van der Waals surface area contributed by atoms with Crippen LogP contribution in [0.25, 0.3) is 11.0 Å². The van der Waals surface area contributed by atoms with Crippen LogP contribution >= 0.6 is 11.8 Å². The fourth-order valence-corrected chi connectivity index (χ4v) is 4.33. The third kappa shape index (κ3) is 2.99.